The van der Waals surface area contributed by atoms with Gasteiger partial charge in [0.25, 0.3) is 5.91 Å². The van der Waals surface area contributed by atoms with Crippen LogP contribution in [-0.4, -0.2) is 48.8 Å². The SMILES string of the molecule is O=C1NC2(CCSC2)C(=O)N1Cc1csc(-c2ncccn2)n1. The number of hydrogen-bond acceptors (Lipinski definition) is 7. The third kappa shape index (κ3) is 2.49. The lowest BCUT2D eigenvalue weighted by Crippen LogP contribution is -2.46. The van der Waals surface area contributed by atoms with Crippen molar-refractivity contribution in [3.05, 3.63) is 29.5 Å². The number of imide groups is 1. The number of carbonyl (C=O) groups excluding carboxylic acids is 2. The predicted octanol–water partition coefficient (Wildman–Crippen LogP) is 1.53. The number of thioether (sulfide) groups is 1. The first-order valence-electron chi connectivity index (χ1n) is 7.12. The summed E-state index contributed by atoms with van der Waals surface area (Å²) in [6.07, 6.45) is 4.00. The van der Waals surface area contributed by atoms with Gasteiger partial charge >= 0.3 is 6.03 Å². The zero-order valence-electron chi connectivity index (χ0n) is 12.1. The van der Waals surface area contributed by atoms with Crippen LogP contribution < -0.4 is 5.32 Å². The van der Waals surface area contributed by atoms with Gasteiger partial charge in [-0.05, 0) is 18.2 Å². The lowest BCUT2D eigenvalue weighted by Gasteiger charge is -2.18. The van der Waals surface area contributed by atoms with E-state index < -0.39 is 5.54 Å². The van der Waals surface area contributed by atoms with Crippen molar-refractivity contribution in [2.24, 2.45) is 0 Å². The van der Waals surface area contributed by atoms with Gasteiger partial charge in [-0.2, -0.15) is 11.8 Å². The molecule has 0 bridgehead atoms. The number of urea groups is 1. The number of amides is 3. The Morgan fingerprint density at radius 3 is 2.87 bits per heavy atom. The summed E-state index contributed by atoms with van der Waals surface area (Å²) >= 11 is 3.10. The molecular weight excluding hydrogens is 334 g/mol. The summed E-state index contributed by atoms with van der Waals surface area (Å²) in [6.45, 7) is 0.181. The van der Waals surface area contributed by atoms with Crippen molar-refractivity contribution in [2.75, 3.05) is 11.5 Å². The summed E-state index contributed by atoms with van der Waals surface area (Å²) in [7, 11) is 0. The largest absolute Gasteiger partial charge is 0.325 e. The second-order valence-corrected chi connectivity index (χ2v) is 7.39. The number of hydrogen-bond donors (Lipinski definition) is 1. The average molecular weight is 347 g/mol. The van der Waals surface area contributed by atoms with Gasteiger partial charge in [0, 0.05) is 23.5 Å². The number of carbonyl (C=O) groups is 2. The molecule has 23 heavy (non-hydrogen) atoms. The van der Waals surface area contributed by atoms with E-state index in [0.29, 0.717) is 28.7 Å². The zero-order valence-corrected chi connectivity index (χ0v) is 13.7. The Morgan fingerprint density at radius 1 is 1.30 bits per heavy atom. The van der Waals surface area contributed by atoms with Crippen LogP contribution in [0.3, 0.4) is 0 Å². The van der Waals surface area contributed by atoms with E-state index in [2.05, 4.69) is 20.3 Å². The molecule has 2 fully saturated rings. The monoisotopic (exact) mass is 347 g/mol. The Bertz CT molecular complexity index is 758. The van der Waals surface area contributed by atoms with Crippen LogP contribution in [0.5, 0.6) is 0 Å². The highest BCUT2D eigenvalue weighted by Gasteiger charge is 2.52. The second-order valence-electron chi connectivity index (χ2n) is 5.42. The van der Waals surface area contributed by atoms with Gasteiger partial charge in [0.1, 0.15) is 5.54 Å². The van der Waals surface area contributed by atoms with Crippen LogP contribution in [0.2, 0.25) is 0 Å². The Morgan fingerprint density at radius 2 is 2.13 bits per heavy atom. The molecule has 7 nitrogen and oxygen atoms in total. The normalized spacial score (nSPS) is 23.7. The Labute approximate surface area is 140 Å². The standard InChI is InChI=1S/C14H13N5O2S2/c20-12-14(2-5-22-8-14)18-13(21)19(12)6-9-7-23-11(17-9)10-15-3-1-4-16-10/h1,3-4,7H,2,5-6,8H2,(H,18,21). The topological polar surface area (TPSA) is 88.1 Å². The molecule has 1 N–H and O–H groups in total. The molecular formula is C14H13N5O2S2. The van der Waals surface area contributed by atoms with E-state index >= 15 is 0 Å². The molecule has 4 rings (SSSR count). The maximum absolute atomic E-state index is 12.6. The van der Waals surface area contributed by atoms with E-state index in [1.165, 1.54) is 16.2 Å². The van der Waals surface area contributed by atoms with E-state index in [0.717, 1.165) is 5.75 Å². The molecule has 2 aliphatic heterocycles. The molecule has 9 heteroatoms. The van der Waals surface area contributed by atoms with E-state index in [4.69, 9.17) is 0 Å². The summed E-state index contributed by atoms with van der Waals surface area (Å²) < 4.78 is 0. The molecule has 2 saturated heterocycles. The van der Waals surface area contributed by atoms with Crippen molar-refractivity contribution in [1.29, 1.82) is 0 Å². The summed E-state index contributed by atoms with van der Waals surface area (Å²) in [6, 6.07) is 1.41. The Kier molecular flexibility index (Phi) is 3.53. The van der Waals surface area contributed by atoms with Gasteiger partial charge in [-0.3, -0.25) is 9.69 Å². The van der Waals surface area contributed by atoms with Gasteiger partial charge in [-0.15, -0.1) is 11.3 Å². The van der Waals surface area contributed by atoms with Gasteiger partial charge in [0.2, 0.25) is 0 Å². The van der Waals surface area contributed by atoms with Crippen LogP contribution in [0.1, 0.15) is 12.1 Å². The summed E-state index contributed by atoms with van der Waals surface area (Å²) in [4.78, 5) is 38.8. The van der Waals surface area contributed by atoms with E-state index in [1.54, 1.807) is 30.2 Å². The zero-order chi connectivity index (χ0) is 15.9. The molecule has 0 aliphatic carbocycles. The Balaban J connectivity index is 1.54. The summed E-state index contributed by atoms with van der Waals surface area (Å²) in [5.74, 6) is 1.95. The number of thiazole rings is 1. The van der Waals surface area contributed by atoms with Gasteiger partial charge in [-0.25, -0.2) is 19.7 Å². The van der Waals surface area contributed by atoms with Crippen molar-refractivity contribution in [3.8, 4) is 10.8 Å². The molecule has 1 unspecified atom stereocenters. The highest BCUT2D eigenvalue weighted by atomic mass is 32.2. The van der Waals surface area contributed by atoms with Gasteiger partial charge in [0.05, 0.1) is 12.2 Å². The highest BCUT2D eigenvalue weighted by Crippen LogP contribution is 2.34. The number of rotatable bonds is 3. The van der Waals surface area contributed by atoms with Gasteiger partial charge in [-0.1, -0.05) is 0 Å². The quantitative estimate of drug-likeness (QED) is 0.847. The third-order valence-electron chi connectivity index (χ3n) is 3.90. The molecule has 0 radical (unpaired) electrons. The minimum absolute atomic E-state index is 0.141. The first kappa shape index (κ1) is 14.6. The maximum atomic E-state index is 12.6. The molecule has 1 spiro atoms. The van der Waals surface area contributed by atoms with E-state index in [-0.39, 0.29) is 18.5 Å². The van der Waals surface area contributed by atoms with Crippen LogP contribution >= 0.6 is 23.1 Å². The predicted molar refractivity (Wildman–Crippen MR) is 86.9 cm³/mol. The van der Waals surface area contributed by atoms with Gasteiger partial charge < -0.3 is 5.32 Å². The third-order valence-corrected chi connectivity index (χ3v) is 5.97. The molecule has 2 aromatic rings. The van der Waals surface area contributed by atoms with Crippen LogP contribution in [0.15, 0.2) is 23.8 Å². The molecule has 2 aliphatic rings. The molecule has 4 heterocycles. The van der Waals surface area contributed by atoms with Crippen molar-refractivity contribution in [1.82, 2.24) is 25.2 Å². The fraction of sp³-hybridized carbons (Fsp3) is 0.357. The van der Waals surface area contributed by atoms with E-state index in [1.807, 2.05) is 5.38 Å². The minimum atomic E-state index is -0.705. The number of nitrogens with one attached hydrogen (secondary N) is 1. The van der Waals surface area contributed by atoms with Gasteiger partial charge in [0.15, 0.2) is 10.8 Å². The molecule has 2 aromatic heterocycles. The maximum Gasteiger partial charge on any atom is 0.325 e. The van der Waals surface area contributed by atoms with Crippen LogP contribution in [-0.2, 0) is 11.3 Å². The summed E-state index contributed by atoms with van der Waals surface area (Å²) in [5, 5.41) is 5.37. The number of nitrogens with zero attached hydrogens (tertiary/aromatic N) is 4. The first-order valence-corrected chi connectivity index (χ1v) is 9.15. The fourth-order valence-corrected chi connectivity index (χ4v) is 4.79. The molecule has 3 amide bonds. The van der Waals surface area contributed by atoms with Crippen molar-refractivity contribution in [2.45, 2.75) is 18.5 Å². The highest BCUT2D eigenvalue weighted by molar-refractivity contribution is 7.99. The van der Waals surface area contributed by atoms with Crippen LogP contribution in [0.25, 0.3) is 10.8 Å². The molecule has 1 atom stereocenters. The lowest BCUT2D eigenvalue weighted by molar-refractivity contribution is -0.130. The van der Waals surface area contributed by atoms with Crippen molar-refractivity contribution >= 4 is 35.0 Å². The van der Waals surface area contributed by atoms with Crippen LogP contribution in [0, 0.1) is 0 Å². The molecule has 0 saturated carbocycles. The smallest absolute Gasteiger partial charge is 0.322 e. The fourth-order valence-electron chi connectivity index (χ4n) is 2.71. The lowest BCUT2D eigenvalue weighted by atomic mass is 9.99. The second kappa shape index (κ2) is 5.57. The summed E-state index contributed by atoms with van der Waals surface area (Å²) in [5.41, 5.74) is -0.0352. The Hall–Kier alpha value is -2.00. The molecule has 118 valence electrons. The van der Waals surface area contributed by atoms with E-state index in [9.17, 15) is 9.59 Å². The van der Waals surface area contributed by atoms with Crippen LogP contribution in [0.4, 0.5) is 4.79 Å². The minimum Gasteiger partial charge on any atom is -0.322 e. The molecule has 0 aromatic carbocycles. The average Bonchev–Trinajstić information content (AvgIpc) is 3.27. The number of aromatic nitrogens is 3. The first-order chi connectivity index (χ1) is 11.2. The van der Waals surface area contributed by atoms with Crippen molar-refractivity contribution in [3.63, 3.8) is 0 Å². The van der Waals surface area contributed by atoms with Crippen molar-refractivity contribution < 1.29 is 9.59 Å².